The van der Waals surface area contributed by atoms with Gasteiger partial charge in [0.1, 0.15) is 0 Å². The molecule has 1 fully saturated rings. The maximum absolute atomic E-state index is 5.52. The van der Waals surface area contributed by atoms with Gasteiger partial charge in [-0.2, -0.15) is 0 Å². The largest absolute Gasteiger partial charge is 0.378 e. The number of benzene rings is 1. The third-order valence-electron chi connectivity index (χ3n) is 3.57. The van der Waals surface area contributed by atoms with Crippen molar-refractivity contribution in [2.75, 3.05) is 32.8 Å². The van der Waals surface area contributed by atoms with E-state index in [2.05, 4.69) is 47.5 Å². The summed E-state index contributed by atoms with van der Waals surface area (Å²) in [6.07, 6.45) is 1.18. The van der Waals surface area contributed by atoms with Crippen molar-refractivity contribution in [1.29, 1.82) is 0 Å². The van der Waals surface area contributed by atoms with Crippen molar-refractivity contribution in [2.24, 2.45) is 0 Å². The van der Waals surface area contributed by atoms with Gasteiger partial charge in [-0.05, 0) is 12.0 Å². The van der Waals surface area contributed by atoms with Crippen molar-refractivity contribution in [1.82, 2.24) is 10.2 Å². The van der Waals surface area contributed by atoms with Crippen molar-refractivity contribution in [3.05, 3.63) is 35.9 Å². The molecule has 1 aliphatic heterocycles. The Labute approximate surface area is 110 Å². The molecule has 3 heteroatoms. The standard InChI is InChI=1S/C15H24N2O/c1-2-15-13-18-11-10-17(15)9-8-16-12-14-6-4-3-5-7-14/h3-7,15-16H,2,8-13H2,1H3. The summed E-state index contributed by atoms with van der Waals surface area (Å²) in [5.74, 6) is 0. The lowest BCUT2D eigenvalue weighted by Crippen LogP contribution is -2.47. The highest BCUT2D eigenvalue weighted by Gasteiger charge is 2.20. The Kier molecular flexibility index (Phi) is 5.65. The van der Waals surface area contributed by atoms with Gasteiger partial charge in [0.2, 0.25) is 0 Å². The molecule has 2 rings (SSSR count). The Morgan fingerprint density at radius 2 is 2.17 bits per heavy atom. The Bertz CT molecular complexity index is 329. The monoisotopic (exact) mass is 248 g/mol. The topological polar surface area (TPSA) is 24.5 Å². The smallest absolute Gasteiger partial charge is 0.0622 e. The summed E-state index contributed by atoms with van der Waals surface area (Å²) >= 11 is 0. The third kappa shape index (κ3) is 4.09. The van der Waals surface area contributed by atoms with Gasteiger partial charge in [0.15, 0.2) is 0 Å². The van der Waals surface area contributed by atoms with Crippen LogP contribution in [0.25, 0.3) is 0 Å². The minimum absolute atomic E-state index is 0.609. The molecule has 1 aromatic carbocycles. The van der Waals surface area contributed by atoms with Crippen LogP contribution in [-0.2, 0) is 11.3 Å². The molecule has 0 saturated carbocycles. The van der Waals surface area contributed by atoms with Gasteiger partial charge in [0.25, 0.3) is 0 Å². The summed E-state index contributed by atoms with van der Waals surface area (Å²) in [5.41, 5.74) is 1.35. The lowest BCUT2D eigenvalue weighted by atomic mass is 10.2. The van der Waals surface area contributed by atoms with Crippen molar-refractivity contribution < 1.29 is 4.74 Å². The molecule has 0 aliphatic carbocycles. The van der Waals surface area contributed by atoms with Gasteiger partial charge in [-0.25, -0.2) is 0 Å². The molecule has 0 amide bonds. The average Bonchev–Trinajstić information content (AvgIpc) is 2.45. The van der Waals surface area contributed by atoms with Gasteiger partial charge in [-0.3, -0.25) is 4.90 Å². The van der Waals surface area contributed by atoms with Crippen LogP contribution in [-0.4, -0.2) is 43.8 Å². The number of morpholine rings is 1. The Balaban J connectivity index is 1.65. The first kappa shape index (κ1) is 13.5. The molecule has 1 heterocycles. The Morgan fingerprint density at radius 3 is 2.94 bits per heavy atom. The fourth-order valence-corrected chi connectivity index (χ4v) is 2.41. The predicted molar refractivity (Wildman–Crippen MR) is 74.6 cm³/mol. The van der Waals surface area contributed by atoms with Crippen LogP contribution in [0.1, 0.15) is 18.9 Å². The predicted octanol–water partition coefficient (Wildman–Crippen LogP) is 1.89. The van der Waals surface area contributed by atoms with E-state index in [9.17, 15) is 0 Å². The summed E-state index contributed by atoms with van der Waals surface area (Å²) < 4.78 is 5.52. The summed E-state index contributed by atoms with van der Waals surface area (Å²) in [6, 6.07) is 11.2. The highest BCUT2D eigenvalue weighted by atomic mass is 16.5. The van der Waals surface area contributed by atoms with Crippen molar-refractivity contribution in [3.63, 3.8) is 0 Å². The van der Waals surface area contributed by atoms with Gasteiger partial charge in [-0.15, -0.1) is 0 Å². The molecule has 18 heavy (non-hydrogen) atoms. The van der Waals surface area contributed by atoms with E-state index in [1.165, 1.54) is 12.0 Å². The van der Waals surface area contributed by atoms with Crippen LogP contribution in [0.15, 0.2) is 30.3 Å². The van der Waals surface area contributed by atoms with Crippen LogP contribution < -0.4 is 5.32 Å². The van der Waals surface area contributed by atoms with Crippen molar-refractivity contribution in [3.8, 4) is 0 Å². The molecule has 1 N–H and O–H groups in total. The zero-order valence-electron chi connectivity index (χ0n) is 11.3. The average molecular weight is 248 g/mol. The number of hydrogen-bond donors (Lipinski definition) is 1. The zero-order valence-corrected chi connectivity index (χ0v) is 11.3. The number of hydrogen-bond acceptors (Lipinski definition) is 3. The lowest BCUT2D eigenvalue weighted by Gasteiger charge is -2.35. The molecule has 0 aromatic heterocycles. The van der Waals surface area contributed by atoms with Gasteiger partial charge < -0.3 is 10.1 Å². The van der Waals surface area contributed by atoms with E-state index < -0.39 is 0 Å². The number of ether oxygens (including phenoxy) is 1. The Morgan fingerprint density at radius 1 is 1.33 bits per heavy atom. The number of nitrogens with one attached hydrogen (secondary N) is 1. The molecule has 0 bridgehead atoms. The number of rotatable bonds is 6. The number of nitrogens with zero attached hydrogens (tertiary/aromatic N) is 1. The van der Waals surface area contributed by atoms with Gasteiger partial charge >= 0.3 is 0 Å². The molecule has 1 saturated heterocycles. The van der Waals surface area contributed by atoms with Crippen molar-refractivity contribution >= 4 is 0 Å². The molecule has 1 aliphatic rings. The quantitative estimate of drug-likeness (QED) is 0.778. The first-order valence-corrected chi connectivity index (χ1v) is 6.96. The first-order valence-electron chi connectivity index (χ1n) is 6.96. The molecule has 3 nitrogen and oxygen atoms in total. The fourth-order valence-electron chi connectivity index (χ4n) is 2.41. The molecule has 1 aromatic rings. The molecule has 0 spiro atoms. The highest BCUT2D eigenvalue weighted by molar-refractivity contribution is 5.14. The summed E-state index contributed by atoms with van der Waals surface area (Å²) in [6.45, 7) is 8.22. The molecule has 1 atom stereocenters. The fraction of sp³-hybridized carbons (Fsp3) is 0.600. The van der Waals surface area contributed by atoms with E-state index in [1.807, 2.05) is 0 Å². The zero-order chi connectivity index (χ0) is 12.6. The maximum atomic E-state index is 5.52. The summed E-state index contributed by atoms with van der Waals surface area (Å²) in [5, 5.41) is 3.51. The second kappa shape index (κ2) is 7.52. The van der Waals surface area contributed by atoms with Crippen LogP contribution in [0.5, 0.6) is 0 Å². The lowest BCUT2D eigenvalue weighted by molar-refractivity contribution is -0.00786. The molecule has 1 unspecified atom stereocenters. The van der Waals surface area contributed by atoms with E-state index in [-0.39, 0.29) is 0 Å². The molecular formula is C15H24N2O. The molecular weight excluding hydrogens is 224 g/mol. The highest BCUT2D eigenvalue weighted by Crippen LogP contribution is 2.09. The summed E-state index contributed by atoms with van der Waals surface area (Å²) in [4.78, 5) is 2.54. The normalized spacial score (nSPS) is 21.1. The van der Waals surface area contributed by atoms with E-state index in [0.717, 1.165) is 39.4 Å². The van der Waals surface area contributed by atoms with Crippen LogP contribution in [0.2, 0.25) is 0 Å². The SMILES string of the molecule is CCC1COCCN1CCNCc1ccccc1. The second-order valence-corrected chi connectivity index (χ2v) is 4.84. The van der Waals surface area contributed by atoms with Gasteiger partial charge in [0, 0.05) is 32.2 Å². The molecule has 100 valence electrons. The first-order chi connectivity index (χ1) is 8.90. The van der Waals surface area contributed by atoms with Crippen LogP contribution in [0.3, 0.4) is 0 Å². The van der Waals surface area contributed by atoms with Crippen LogP contribution in [0, 0.1) is 0 Å². The maximum Gasteiger partial charge on any atom is 0.0622 e. The van der Waals surface area contributed by atoms with E-state index in [1.54, 1.807) is 0 Å². The third-order valence-corrected chi connectivity index (χ3v) is 3.57. The van der Waals surface area contributed by atoms with Crippen LogP contribution in [0.4, 0.5) is 0 Å². The summed E-state index contributed by atoms with van der Waals surface area (Å²) in [7, 11) is 0. The van der Waals surface area contributed by atoms with E-state index >= 15 is 0 Å². The molecule has 0 radical (unpaired) electrons. The van der Waals surface area contributed by atoms with E-state index in [4.69, 9.17) is 4.74 Å². The second-order valence-electron chi connectivity index (χ2n) is 4.84. The van der Waals surface area contributed by atoms with E-state index in [0.29, 0.717) is 6.04 Å². The van der Waals surface area contributed by atoms with Gasteiger partial charge in [0.05, 0.1) is 13.2 Å². The van der Waals surface area contributed by atoms with Crippen molar-refractivity contribution in [2.45, 2.75) is 25.9 Å². The minimum atomic E-state index is 0.609. The minimum Gasteiger partial charge on any atom is -0.378 e. The van der Waals surface area contributed by atoms with Gasteiger partial charge in [-0.1, -0.05) is 37.3 Å². The van der Waals surface area contributed by atoms with Crippen LogP contribution >= 0.6 is 0 Å². The Hall–Kier alpha value is -0.900.